The second kappa shape index (κ2) is 7.97. The molecular weight excluding hydrogens is 324 g/mol. The molecule has 2 rings (SSSR count). The van der Waals surface area contributed by atoms with Gasteiger partial charge in [-0.2, -0.15) is 5.10 Å². The minimum Gasteiger partial charge on any atom is -0.467 e. The van der Waals surface area contributed by atoms with Crippen LogP contribution in [-0.4, -0.2) is 24.8 Å². The molecular formula is C19H21ClN2O2. The first-order valence-corrected chi connectivity index (χ1v) is 8.05. The maximum Gasteiger partial charge on any atom is 0.330 e. The average molecular weight is 345 g/mol. The summed E-state index contributed by atoms with van der Waals surface area (Å²) in [5.41, 5.74) is 3.75. The van der Waals surface area contributed by atoms with Crippen LogP contribution in [0.2, 0.25) is 5.02 Å². The highest BCUT2D eigenvalue weighted by molar-refractivity contribution is 6.30. The van der Waals surface area contributed by atoms with Crippen LogP contribution in [-0.2, 0) is 9.53 Å². The van der Waals surface area contributed by atoms with Crippen molar-refractivity contribution in [1.82, 2.24) is 0 Å². The summed E-state index contributed by atoms with van der Waals surface area (Å²) in [6.07, 6.45) is 0. The molecule has 1 atom stereocenters. The first-order chi connectivity index (χ1) is 11.4. The van der Waals surface area contributed by atoms with Crippen molar-refractivity contribution in [3.05, 3.63) is 64.7 Å². The zero-order chi connectivity index (χ0) is 17.7. The van der Waals surface area contributed by atoms with E-state index in [-0.39, 0.29) is 5.97 Å². The van der Waals surface area contributed by atoms with Crippen molar-refractivity contribution in [2.45, 2.75) is 26.8 Å². The third-order valence-electron chi connectivity index (χ3n) is 3.73. The van der Waals surface area contributed by atoms with E-state index in [0.717, 1.165) is 17.0 Å². The van der Waals surface area contributed by atoms with Crippen LogP contribution in [0.4, 0.5) is 5.69 Å². The molecule has 0 heterocycles. The molecule has 0 bridgehead atoms. The zero-order valence-corrected chi connectivity index (χ0v) is 15.0. The van der Waals surface area contributed by atoms with E-state index in [1.165, 1.54) is 12.7 Å². The average Bonchev–Trinajstić information content (AvgIpc) is 2.59. The number of hydrazone groups is 1. The molecule has 0 aliphatic rings. The smallest absolute Gasteiger partial charge is 0.330 e. The quantitative estimate of drug-likeness (QED) is 0.457. The molecule has 0 N–H and O–H groups in total. The number of ether oxygens (including phenoxy) is 1. The largest absolute Gasteiger partial charge is 0.467 e. The SMILES string of the molecule is COC(=O)C(C)N(/N=C(\C)c1ccc(C)cc1)c1ccc(Cl)cc1. The van der Waals surface area contributed by atoms with Gasteiger partial charge in [-0.25, -0.2) is 4.79 Å². The van der Waals surface area contributed by atoms with E-state index in [4.69, 9.17) is 16.3 Å². The Hall–Kier alpha value is -2.33. The van der Waals surface area contributed by atoms with E-state index in [0.29, 0.717) is 5.02 Å². The fourth-order valence-corrected chi connectivity index (χ4v) is 2.37. The number of hydrogen-bond acceptors (Lipinski definition) is 4. The van der Waals surface area contributed by atoms with Gasteiger partial charge in [0.2, 0.25) is 0 Å². The predicted molar refractivity (Wildman–Crippen MR) is 98.8 cm³/mol. The molecule has 0 radical (unpaired) electrons. The number of methoxy groups -OCH3 is 1. The van der Waals surface area contributed by atoms with Gasteiger partial charge in [0, 0.05) is 5.02 Å². The van der Waals surface area contributed by atoms with E-state index < -0.39 is 6.04 Å². The predicted octanol–water partition coefficient (Wildman–Crippen LogP) is 4.44. The van der Waals surface area contributed by atoms with Gasteiger partial charge in [0.1, 0.15) is 6.04 Å². The summed E-state index contributed by atoms with van der Waals surface area (Å²) >= 11 is 5.96. The molecule has 5 heteroatoms. The molecule has 24 heavy (non-hydrogen) atoms. The number of anilines is 1. The lowest BCUT2D eigenvalue weighted by atomic mass is 10.1. The van der Waals surface area contributed by atoms with Gasteiger partial charge < -0.3 is 4.74 Å². The fraction of sp³-hybridized carbons (Fsp3) is 0.263. The summed E-state index contributed by atoms with van der Waals surface area (Å²) in [6, 6.07) is 14.7. The van der Waals surface area contributed by atoms with Crippen molar-refractivity contribution in [1.29, 1.82) is 0 Å². The molecule has 2 aromatic carbocycles. The lowest BCUT2D eigenvalue weighted by Gasteiger charge is -2.25. The summed E-state index contributed by atoms with van der Waals surface area (Å²) in [4.78, 5) is 12.0. The Balaban J connectivity index is 2.41. The first-order valence-electron chi connectivity index (χ1n) is 7.67. The third kappa shape index (κ3) is 4.36. The van der Waals surface area contributed by atoms with Crippen molar-refractivity contribution in [3.63, 3.8) is 0 Å². The normalized spacial score (nSPS) is 12.6. The molecule has 0 amide bonds. The summed E-state index contributed by atoms with van der Waals surface area (Å²) < 4.78 is 4.87. The van der Waals surface area contributed by atoms with Crippen LogP contribution in [0.25, 0.3) is 0 Å². The number of nitrogens with zero attached hydrogens (tertiary/aromatic N) is 2. The van der Waals surface area contributed by atoms with Crippen LogP contribution in [0.1, 0.15) is 25.0 Å². The van der Waals surface area contributed by atoms with E-state index in [1.807, 2.05) is 50.2 Å². The molecule has 4 nitrogen and oxygen atoms in total. The number of esters is 1. The summed E-state index contributed by atoms with van der Waals surface area (Å²) in [5, 5.41) is 6.93. The molecule has 0 aliphatic carbocycles. The Kier molecular flexibility index (Phi) is 5.99. The van der Waals surface area contributed by atoms with Gasteiger partial charge in [-0.05, 0) is 50.6 Å². The summed E-state index contributed by atoms with van der Waals surface area (Å²) in [7, 11) is 1.37. The highest BCUT2D eigenvalue weighted by atomic mass is 35.5. The van der Waals surface area contributed by atoms with Crippen LogP contribution in [0.5, 0.6) is 0 Å². The van der Waals surface area contributed by atoms with Crippen LogP contribution < -0.4 is 5.01 Å². The monoisotopic (exact) mass is 344 g/mol. The van der Waals surface area contributed by atoms with Crippen molar-refractivity contribution in [3.8, 4) is 0 Å². The molecule has 0 spiro atoms. The van der Waals surface area contributed by atoms with Gasteiger partial charge >= 0.3 is 5.97 Å². The lowest BCUT2D eigenvalue weighted by molar-refractivity contribution is -0.141. The van der Waals surface area contributed by atoms with Crippen LogP contribution in [0.3, 0.4) is 0 Å². The number of carbonyl (C=O) groups is 1. The minimum absolute atomic E-state index is 0.356. The molecule has 1 unspecified atom stereocenters. The number of carbonyl (C=O) groups excluding carboxylic acids is 1. The van der Waals surface area contributed by atoms with Crippen molar-refractivity contribution in [2.75, 3.05) is 12.1 Å². The van der Waals surface area contributed by atoms with Gasteiger partial charge in [0.05, 0.1) is 18.5 Å². The van der Waals surface area contributed by atoms with Gasteiger partial charge in [-0.15, -0.1) is 0 Å². The lowest BCUT2D eigenvalue weighted by Crippen LogP contribution is -2.36. The summed E-state index contributed by atoms with van der Waals surface area (Å²) in [6.45, 7) is 5.71. The Bertz CT molecular complexity index is 724. The topological polar surface area (TPSA) is 41.9 Å². The number of aryl methyl sites for hydroxylation is 1. The Morgan fingerprint density at radius 3 is 2.25 bits per heavy atom. The van der Waals surface area contributed by atoms with Crippen molar-refractivity contribution >= 4 is 29.0 Å². The molecule has 126 valence electrons. The van der Waals surface area contributed by atoms with Gasteiger partial charge in [-0.1, -0.05) is 41.4 Å². The first kappa shape index (κ1) is 18.0. The van der Waals surface area contributed by atoms with E-state index in [1.54, 1.807) is 24.1 Å². The standard InChI is InChI=1S/C19H21ClN2O2/c1-13-5-7-16(8-6-13)14(2)21-22(15(3)19(23)24-4)18-11-9-17(20)10-12-18/h5-12,15H,1-4H3/b21-14+. The minimum atomic E-state index is -0.559. The zero-order valence-electron chi connectivity index (χ0n) is 14.3. The molecule has 2 aromatic rings. The Morgan fingerprint density at radius 2 is 1.71 bits per heavy atom. The highest BCUT2D eigenvalue weighted by Gasteiger charge is 2.22. The van der Waals surface area contributed by atoms with Gasteiger partial charge in [0.25, 0.3) is 0 Å². The van der Waals surface area contributed by atoms with Crippen LogP contribution in [0, 0.1) is 6.92 Å². The Morgan fingerprint density at radius 1 is 1.12 bits per heavy atom. The van der Waals surface area contributed by atoms with Crippen LogP contribution >= 0.6 is 11.6 Å². The molecule has 0 aliphatic heterocycles. The van der Waals surface area contributed by atoms with E-state index in [2.05, 4.69) is 5.10 Å². The number of rotatable bonds is 5. The maximum absolute atomic E-state index is 12.0. The molecule has 0 saturated heterocycles. The number of halogens is 1. The number of hydrogen-bond donors (Lipinski definition) is 0. The van der Waals surface area contributed by atoms with Crippen molar-refractivity contribution < 1.29 is 9.53 Å². The fourth-order valence-electron chi connectivity index (χ4n) is 2.25. The number of benzene rings is 2. The summed E-state index contributed by atoms with van der Waals surface area (Å²) in [5.74, 6) is -0.356. The Labute approximate surface area is 147 Å². The molecule has 0 saturated carbocycles. The molecule has 0 fully saturated rings. The third-order valence-corrected chi connectivity index (χ3v) is 3.98. The second-order valence-electron chi connectivity index (χ2n) is 5.57. The van der Waals surface area contributed by atoms with Crippen LogP contribution in [0.15, 0.2) is 53.6 Å². The second-order valence-corrected chi connectivity index (χ2v) is 6.01. The maximum atomic E-state index is 12.0. The van der Waals surface area contributed by atoms with E-state index >= 15 is 0 Å². The van der Waals surface area contributed by atoms with E-state index in [9.17, 15) is 4.79 Å². The van der Waals surface area contributed by atoms with Gasteiger partial charge in [-0.3, -0.25) is 5.01 Å². The van der Waals surface area contributed by atoms with Crippen molar-refractivity contribution in [2.24, 2.45) is 5.10 Å². The highest BCUT2D eigenvalue weighted by Crippen LogP contribution is 2.22. The van der Waals surface area contributed by atoms with Gasteiger partial charge in [0.15, 0.2) is 0 Å². The molecule has 0 aromatic heterocycles.